The molecule has 4 nitrogen and oxygen atoms in total. The van der Waals surface area contributed by atoms with Crippen LogP contribution in [-0.4, -0.2) is 23.6 Å². The lowest BCUT2D eigenvalue weighted by atomic mass is 9.83. The second-order valence-corrected chi connectivity index (χ2v) is 5.26. The zero-order valence-electron chi connectivity index (χ0n) is 11.6. The molecule has 18 heavy (non-hydrogen) atoms. The normalized spacial score (nSPS) is 17.7. The molecule has 1 aromatic heterocycles. The number of nitrogens with one attached hydrogen (secondary N) is 1. The van der Waals surface area contributed by atoms with Crippen LogP contribution in [0.3, 0.4) is 0 Å². The fourth-order valence-corrected chi connectivity index (χ4v) is 2.79. The molecule has 0 spiro atoms. The van der Waals surface area contributed by atoms with Gasteiger partial charge in [-0.3, -0.25) is 0 Å². The Morgan fingerprint density at radius 3 is 2.67 bits per heavy atom. The summed E-state index contributed by atoms with van der Waals surface area (Å²) in [4.78, 5) is 8.60. The Balaban J connectivity index is 2.03. The Kier molecular flexibility index (Phi) is 4.04. The standard InChI is InChI=1S/C14H23N3O/c1-4-14(7-5-6-8-14)10-15-12-9-13(18-3)17-11(2)16-12/h9H,4-8,10H2,1-3H3,(H,15,16,17). The van der Waals surface area contributed by atoms with Crippen LogP contribution in [0.15, 0.2) is 6.07 Å². The summed E-state index contributed by atoms with van der Waals surface area (Å²) in [5.74, 6) is 2.25. The van der Waals surface area contributed by atoms with Crippen molar-refractivity contribution in [2.24, 2.45) is 5.41 Å². The van der Waals surface area contributed by atoms with Gasteiger partial charge in [0.2, 0.25) is 5.88 Å². The molecular weight excluding hydrogens is 226 g/mol. The molecule has 1 saturated carbocycles. The zero-order chi connectivity index (χ0) is 13.0. The van der Waals surface area contributed by atoms with Gasteiger partial charge in [-0.05, 0) is 31.6 Å². The molecule has 0 saturated heterocycles. The molecule has 0 unspecified atom stereocenters. The maximum atomic E-state index is 5.17. The lowest BCUT2D eigenvalue weighted by Gasteiger charge is -2.28. The highest BCUT2D eigenvalue weighted by Gasteiger charge is 2.31. The van der Waals surface area contributed by atoms with Crippen LogP contribution in [0.2, 0.25) is 0 Å². The summed E-state index contributed by atoms with van der Waals surface area (Å²) in [6.07, 6.45) is 6.62. The van der Waals surface area contributed by atoms with Gasteiger partial charge < -0.3 is 10.1 Å². The van der Waals surface area contributed by atoms with Gasteiger partial charge in [-0.1, -0.05) is 19.8 Å². The van der Waals surface area contributed by atoms with Crippen molar-refractivity contribution >= 4 is 5.82 Å². The smallest absolute Gasteiger partial charge is 0.218 e. The summed E-state index contributed by atoms with van der Waals surface area (Å²) in [6.45, 7) is 5.18. The quantitative estimate of drug-likeness (QED) is 0.870. The molecule has 0 aliphatic heterocycles. The maximum absolute atomic E-state index is 5.17. The first-order valence-corrected chi connectivity index (χ1v) is 6.81. The Morgan fingerprint density at radius 1 is 1.33 bits per heavy atom. The number of ether oxygens (including phenoxy) is 1. The van der Waals surface area contributed by atoms with E-state index < -0.39 is 0 Å². The predicted octanol–water partition coefficient (Wildman–Crippen LogP) is 3.18. The number of rotatable bonds is 5. The van der Waals surface area contributed by atoms with Gasteiger partial charge in [-0.15, -0.1) is 0 Å². The van der Waals surface area contributed by atoms with Gasteiger partial charge in [-0.25, -0.2) is 4.98 Å². The van der Waals surface area contributed by atoms with E-state index in [-0.39, 0.29) is 0 Å². The van der Waals surface area contributed by atoms with Crippen molar-refractivity contribution < 1.29 is 4.74 Å². The summed E-state index contributed by atoms with van der Waals surface area (Å²) in [5, 5.41) is 3.46. The average molecular weight is 249 g/mol. The summed E-state index contributed by atoms with van der Waals surface area (Å²) in [5.41, 5.74) is 0.464. The molecule has 1 aliphatic carbocycles. The van der Waals surface area contributed by atoms with Crippen LogP contribution >= 0.6 is 0 Å². The Bertz CT molecular complexity index is 400. The number of methoxy groups -OCH3 is 1. The van der Waals surface area contributed by atoms with E-state index in [1.807, 2.05) is 13.0 Å². The maximum Gasteiger partial charge on any atom is 0.218 e. The van der Waals surface area contributed by atoms with Crippen molar-refractivity contribution in [2.45, 2.75) is 46.0 Å². The number of hydrogen-bond acceptors (Lipinski definition) is 4. The molecule has 1 N–H and O–H groups in total. The van der Waals surface area contributed by atoms with Gasteiger partial charge in [-0.2, -0.15) is 4.98 Å². The third kappa shape index (κ3) is 2.92. The fourth-order valence-electron chi connectivity index (χ4n) is 2.79. The number of nitrogens with zero attached hydrogens (tertiary/aromatic N) is 2. The van der Waals surface area contributed by atoms with Gasteiger partial charge in [0.15, 0.2) is 0 Å². The van der Waals surface area contributed by atoms with E-state index in [1.54, 1.807) is 7.11 Å². The molecular formula is C14H23N3O. The van der Waals surface area contributed by atoms with Gasteiger partial charge in [0.05, 0.1) is 7.11 Å². The molecule has 0 atom stereocenters. The van der Waals surface area contributed by atoms with Crippen molar-refractivity contribution in [3.63, 3.8) is 0 Å². The molecule has 0 bridgehead atoms. The van der Waals surface area contributed by atoms with Gasteiger partial charge in [0.25, 0.3) is 0 Å². The second kappa shape index (κ2) is 5.55. The zero-order valence-corrected chi connectivity index (χ0v) is 11.6. The summed E-state index contributed by atoms with van der Waals surface area (Å²) < 4.78 is 5.17. The Labute approximate surface area is 109 Å². The highest BCUT2D eigenvalue weighted by atomic mass is 16.5. The highest BCUT2D eigenvalue weighted by molar-refractivity contribution is 5.38. The molecule has 4 heteroatoms. The van der Waals surface area contributed by atoms with Crippen molar-refractivity contribution in [1.29, 1.82) is 0 Å². The van der Waals surface area contributed by atoms with Crippen LogP contribution in [0.1, 0.15) is 44.9 Å². The highest BCUT2D eigenvalue weighted by Crippen LogP contribution is 2.40. The van der Waals surface area contributed by atoms with Crippen LogP contribution in [0.25, 0.3) is 0 Å². The number of aryl methyl sites for hydroxylation is 1. The molecule has 100 valence electrons. The van der Waals surface area contributed by atoms with Crippen molar-refractivity contribution in [3.8, 4) is 5.88 Å². The number of hydrogen-bond donors (Lipinski definition) is 1. The van der Waals surface area contributed by atoms with Crippen molar-refractivity contribution in [3.05, 3.63) is 11.9 Å². The summed E-state index contributed by atoms with van der Waals surface area (Å²) >= 11 is 0. The molecule has 2 rings (SSSR count). The van der Waals surface area contributed by atoms with Gasteiger partial charge >= 0.3 is 0 Å². The first-order valence-electron chi connectivity index (χ1n) is 6.81. The molecule has 1 aromatic rings. The van der Waals surface area contributed by atoms with E-state index >= 15 is 0 Å². The molecule has 1 aliphatic rings. The van der Waals surface area contributed by atoms with Crippen LogP contribution in [0, 0.1) is 12.3 Å². The fraction of sp³-hybridized carbons (Fsp3) is 0.714. The van der Waals surface area contributed by atoms with Crippen LogP contribution in [0.5, 0.6) is 5.88 Å². The average Bonchev–Trinajstić information content (AvgIpc) is 2.85. The third-order valence-electron chi connectivity index (χ3n) is 4.08. The molecule has 0 aromatic carbocycles. The van der Waals surface area contributed by atoms with E-state index in [0.29, 0.717) is 11.3 Å². The second-order valence-electron chi connectivity index (χ2n) is 5.26. The number of anilines is 1. The molecule has 0 radical (unpaired) electrons. The minimum Gasteiger partial charge on any atom is -0.481 e. The Morgan fingerprint density at radius 2 is 2.06 bits per heavy atom. The summed E-state index contributed by atoms with van der Waals surface area (Å²) in [6, 6.07) is 1.87. The topological polar surface area (TPSA) is 47.0 Å². The largest absolute Gasteiger partial charge is 0.481 e. The SMILES string of the molecule is CCC1(CNc2cc(OC)nc(C)n2)CCCC1. The lowest BCUT2D eigenvalue weighted by molar-refractivity contribution is 0.306. The monoisotopic (exact) mass is 249 g/mol. The van der Waals surface area contributed by atoms with Gasteiger partial charge in [0.1, 0.15) is 11.6 Å². The van der Waals surface area contributed by atoms with Crippen LogP contribution in [-0.2, 0) is 0 Å². The van der Waals surface area contributed by atoms with E-state index in [4.69, 9.17) is 4.74 Å². The molecule has 1 fully saturated rings. The van der Waals surface area contributed by atoms with Crippen molar-refractivity contribution in [1.82, 2.24) is 9.97 Å². The molecule has 1 heterocycles. The van der Waals surface area contributed by atoms with Gasteiger partial charge in [0, 0.05) is 12.6 Å². The number of aromatic nitrogens is 2. The summed E-state index contributed by atoms with van der Waals surface area (Å²) in [7, 11) is 1.63. The minimum atomic E-state index is 0.464. The molecule has 0 amide bonds. The van der Waals surface area contributed by atoms with E-state index in [9.17, 15) is 0 Å². The minimum absolute atomic E-state index is 0.464. The van der Waals surface area contributed by atoms with Crippen molar-refractivity contribution in [2.75, 3.05) is 19.0 Å². The lowest BCUT2D eigenvalue weighted by Crippen LogP contribution is -2.26. The van der Waals surface area contributed by atoms with E-state index in [1.165, 1.54) is 32.1 Å². The van der Waals surface area contributed by atoms with E-state index in [2.05, 4.69) is 22.2 Å². The Hall–Kier alpha value is -1.32. The van der Waals surface area contributed by atoms with E-state index in [0.717, 1.165) is 18.2 Å². The predicted molar refractivity (Wildman–Crippen MR) is 73.0 cm³/mol. The van der Waals surface area contributed by atoms with Crippen LogP contribution in [0.4, 0.5) is 5.82 Å². The third-order valence-corrected chi connectivity index (χ3v) is 4.08. The first-order chi connectivity index (χ1) is 8.67. The first kappa shape index (κ1) is 13.1. The van der Waals surface area contributed by atoms with Crippen LogP contribution < -0.4 is 10.1 Å².